The molecule has 1 nitrogen and oxygen atoms in total. The quantitative estimate of drug-likeness (QED) is 0.188. The second kappa shape index (κ2) is 9.37. The van der Waals surface area contributed by atoms with Gasteiger partial charge in [0, 0.05) is 40.3 Å². The molecule has 0 saturated carbocycles. The second-order valence-electron chi connectivity index (χ2n) is 12.2. The van der Waals surface area contributed by atoms with Gasteiger partial charge >= 0.3 is 0 Å². The maximum absolute atomic E-state index is 6.37. The molecule has 0 fully saturated rings. The number of hydrogen-bond acceptors (Lipinski definition) is 1. The highest BCUT2D eigenvalue weighted by molar-refractivity contribution is 6.19. The van der Waals surface area contributed by atoms with Crippen molar-refractivity contribution in [2.75, 3.05) is 0 Å². The largest absolute Gasteiger partial charge is 0.456 e. The van der Waals surface area contributed by atoms with Crippen molar-refractivity contribution < 1.29 is 4.42 Å². The van der Waals surface area contributed by atoms with Gasteiger partial charge < -0.3 is 4.42 Å². The Labute approximate surface area is 262 Å². The molecule has 6 aromatic carbocycles. The standard InChI is InChI=1S/C44H26O/c1-2-13-27-26-38(41-30-16-5-4-14-28(30)25-37(41)29(27)15-3-1)43-33-19-8-6-17-31(33)42(32-18-7-9-20-34(32)43)36-22-12-24-40-44(36)35-21-10-11-23-39(35)45-40/h2,4,6-8,10-14,17-19,21-24,26H,1,9,20,25H2. The molecule has 208 valence electrons. The Balaban J connectivity index is 1.37. The van der Waals surface area contributed by atoms with Gasteiger partial charge in [-0.3, -0.25) is 0 Å². The predicted molar refractivity (Wildman–Crippen MR) is 186 cm³/mol. The van der Waals surface area contributed by atoms with E-state index in [-0.39, 0.29) is 0 Å². The fourth-order valence-electron chi connectivity index (χ4n) is 8.03. The van der Waals surface area contributed by atoms with Crippen LogP contribution in [0.25, 0.3) is 78.2 Å². The lowest BCUT2D eigenvalue weighted by atomic mass is 9.77. The second-order valence-corrected chi connectivity index (χ2v) is 12.2. The van der Waals surface area contributed by atoms with E-state index in [1.807, 2.05) is 12.1 Å². The molecule has 1 heterocycles. The van der Waals surface area contributed by atoms with Crippen LogP contribution in [0.4, 0.5) is 0 Å². The summed E-state index contributed by atoms with van der Waals surface area (Å²) in [6, 6.07) is 37.3. The summed E-state index contributed by atoms with van der Waals surface area (Å²) in [6.07, 6.45) is 12.8. The first kappa shape index (κ1) is 24.7. The van der Waals surface area contributed by atoms with Gasteiger partial charge in [0.1, 0.15) is 11.2 Å². The maximum Gasteiger partial charge on any atom is 0.136 e. The molecule has 0 saturated heterocycles. The minimum atomic E-state index is 0.775. The smallest absolute Gasteiger partial charge is 0.136 e. The Kier molecular flexibility index (Phi) is 5.13. The number of benzene rings is 5. The summed E-state index contributed by atoms with van der Waals surface area (Å²) >= 11 is 0. The minimum Gasteiger partial charge on any atom is -0.456 e. The Hall–Kier alpha value is -5.76. The number of furan rings is 1. The molecule has 0 radical (unpaired) electrons. The van der Waals surface area contributed by atoms with Crippen LogP contribution >= 0.6 is 0 Å². The van der Waals surface area contributed by atoms with Crippen LogP contribution in [0.15, 0.2) is 101 Å². The number of rotatable bonds is 2. The zero-order valence-electron chi connectivity index (χ0n) is 24.6. The predicted octanol–water partition coefficient (Wildman–Crippen LogP) is 11.0. The first-order chi connectivity index (χ1) is 22.3. The summed E-state index contributed by atoms with van der Waals surface area (Å²) in [5.74, 6) is 6.92. The van der Waals surface area contributed by atoms with Gasteiger partial charge in [0.25, 0.3) is 0 Å². The highest BCUT2D eigenvalue weighted by atomic mass is 16.3. The van der Waals surface area contributed by atoms with Gasteiger partial charge in [0.05, 0.1) is 0 Å². The summed E-state index contributed by atoms with van der Waals surface area (Å²) in [5, 5.41) is 4.88. The van der Waals surface area contributed by atoms with E-state index in [1.54, 1.807) is 0 Å². The van der Waals surface area contributed by atoms with Crippen molar-refractivity contribution in [3.05, 3.63) is 143 Å². The van der Waals surface area contributed by atoms with E-state index in [4.69, 9.17) is 4.42 Å². The van der Waals surface area contributed by atoms with E-state index in [1.165, 1.54) is 82.9 Å². The molecule has 0 unspecified atom stereocenters. The van der Waals surface area contributed by atoms with Crippen molar-refractivity contribution in [2.24, 2.45) is 0 Å². The van der Waals surface area contributed by atoms with Crippen molar-refractivity contribution >= 4 is 44.9 Å². The first-order valence-corrected chi connectivity index (χ1v) is 15.8. The zero-order valence-corrected chi connectivity index (χ0v) is 24.6. The molecule has 7 aromatic rings. The highest BCUT2D eigenvalue weighted by Gasteiger charge is 2.30. The van der Waals surface area contributed by atoms with Crippen LogP contribution < -0.4 is 0 Å². The lowest BCUT2D eigenvalue weighted by Crippen LogP contribution is -2.04. The number of hydrogen-bond donors (Lipinski definition) is 0. The molecule has 45 heavy (non-hydrogen) atoms. The van der Waals surface area contributed by atoms with Crippen molar-refractivity contribution in [3.63, 3.8) is 0 Å². The van der Waals surface area contributed by atoms with Crippen molar-refractivity contribution in [2.45, 2.75) is 25.7 Å². The van der Waals surface area contributed by atoms with Crippen LogP contribution in [-0.4, -0.2) is 0 Å². The normalized spacial score (nSPS) is 14.0. The van der Waals surface area contributed by atoms with Crippen LogP contribution in [0, 0.1) is 24.0 Å². The third-order valence-corrected chi connectivity index (χ3v) is 9.84. The van der Waals surface area contributed by atoms with Crippen LogP contribution in [0.1, 0.15) is 46.2 Å². The van der Waals surface area contributed by atoms with Crippen LogP contribution in [-0.2, 0) is 12.8 Å². The summed E-state index contributed by atoms with van der Waals surface area (Å²) < 4.78 is 6.37. The van der Waals surface area contributed by atoms with Gasteiger partial charge in [-0.2, -0.15) is 0 Å². The highest BCUT2D eigenvalue weighted by Crippen LogP contribution is 2.52. The van der Waals surface area contributed by atoms with Gasteiger partial charge in [-0.1, -0.05) is 103 Å². The van der Waals surface area contributed by atoms with Crippen LogP contribution in [0.3, 0.4) is 0 Å². The van der Waals surface area contributed by atoms with Crippen molar-refractivity contribution in [3.8, 4) is 45.2 Å². The molecule has 0 spiro atoms. The van der Waals surface area contributed by atoms with E-state index >= 15 is 0 Å². The summed E-state index contributed by atoms with van der Waals surface area (Å²) in [6.45, 7) is 0. The molecule has 1 aromatic heterocycles. The molecule has 0 aliphatic heterocycles. The van der Waals surface area contributed by atoms with Gasteiger partial charge in [-0.25, -0.2) is 0 Å². The third kappa shape index (κ3) is 3.47. The van der Waals surface area contributed by atoms with Crippen LogP contribution in [0.5, 0.6) is 0 Å². The lowest BCUT2D eigenvalue weighted by molar-refractivity contribution is 0.669. The minimum absolute atomic E-state index is 0.775. The molecule has 10 rings (SSSR count). The topological polar surface area (TPSA) is 13.1 Å². The molecule has 3 aliphatic carbocycles. The van der Waals surface area contributed by atoms with Gasteiger partial charge in [-0.15, -0.1) is 0 Å². The number of fused-ring (bicyclic) bond motifs is 10. The summed E-state index contributed by atoms with van der Waals surface area (Å²) in [4.78, 5) is 0. The van der Waals surface area contributed by atoms with E-state index in [0.717, 1.165) is 42.2 Å². The maximum atomic E-state index is 6.37. The molecule has 1 heteroatoms. The zero-order chi connectivity index (χ0) is 29.5. The lowest BCUT2D eigenvalue weighted by Gasteiger charge is -2.25. The van der Waals surface area contributed by atoms with Gasteiger partial charge in [-0.05, 0) is 104 Å². The molecule has 0 N–H and O–H groups in total. The Morgan fingerprint density at radius 1 is 0.689 bits per heavy atom. The van der Waals surface area contributed by atoms with E-state index in [2.05, 4.69) is 121 Å². The summed E-state index contributed by atoms with van der Waals surface area (Å²) in [7, 11) is 0. The number of allylic oxidation sites excluding steroid dienone is 2. The average molecular weight is 571 g/mol. The molecule has 0 atom stereocenters. The Bertz CT molecular complexity index is 2540. The van der Waals surface area contributed by atoms with Gasteiger partial charge in [0.2, 0.25) is 0 Å². The van der Waals surface area contributed by atoms with Gasteiger partial charge in [0.15, 0.2) is 0 Å². The SMILES string of the molecule is C1#Cc2c(cc(-c3c4c(c(-c5cccc6oc7ccccc7c56)c5ccccc35)C=CCC4)c3c2Cc2ccc#cc2-3)C=CC1. The Morgan fingerprint density at radius 2 is 1.53 bits per heavy atom. The van der Waals surface area contributed by atoms with Crippen molar-refractivity contribution in [1.29, 1.82) is 0 Å². The molecule has 0 amide bonds. The monoisotopic (exact) mass is 570 g/mol. The fraction of sp³-hybridized carbons (Fsp3) is 0.0909. The first-order valence-electron chi connectivity index (χ1n) is 15.8. The molecular weight excluding hydrogens is 544 g/mol. The third-order valence-electron chi connectivity index (χ3n) is 9.84. The van der Waals surface area contributed by atoms with E-state index in [9.17, 15) is 0 Å². The number of para-hydroxylation sites is 1. The molecular formula is C44H26O. The molecule has 3 aliphatic rings. The molecule has 0 bridgehead atoms. The average Bonchev–Trinajstić information content (AvgIpc) is 3.57. The van der Waals surface area contributed by atoms with E-state index < -0.39 is 0 Å². The summed E-state index contributed by atoms with van der Waals surface area (Å²) in [5.41, 5.74) is 17.2. The van der Waals surface area contributed by atoms with E-state index in [0.29, 0.717) is 0 Å². The van der Waals surface area contributed by atoms with Crippen LogP contribution in [0.2, 0.25) is 0 Å². The fourth-order valence-corrected chi connectivity index (χ4v) is 8.03. The Morgan fingerprint density at radius 3 is 2.47 bits per heavy atom. The van der Waals surface area contributed by atoms with Crippen molar-refractivity contribution in [1.82, 2.24) is 0 Å².